The van der Waals surface area contributed by atoms with E-state index in [1.54, 1.807) is 13.0 Å². The number of rotatable bonds is 1. The van der Waals surface area contributed by atoms with Gasteiger partial charge in [-0.15, -0.1) is 0 Å². The lowest BCUT2D eigenvalue weighted by Gasteiger charge is -2.05. The van der Waals surface area contributed by atoms with Crippen LogP contribution in [0.1, 0.15) is 22.8 Å². The number of carbonyl (C=O) groups excluding carboxylic acids is 1. The van der Waals surface area contributed by atoms with E-state index < -0.39 is 5.82 Å². The summed E-state index contributed by atoms with van der Waals surface area (Å²) in [5, 5.41) is 0. The van der Waals surface area contributed by atoms with Gasteiger partial charge in [-0.05, 0) is 25.5 Å². The Balaban J connectivity index is 3.43. The third-order valence-electron chi connectivity index (χ3n) is 1.75. The Bertz CT molecular complexity index is 334. The lowest BCUT2D eigenvalue weighted by Crippen LogP contribution is -2.04. The van der Waals surface area contributed by atoms with Crippen molar-refractivity contribution in [1.82, 2.24) is 0 Å². The summed E-state index contributed by atoms with van der Waals surface area (Å²) in [7, 11) is 0. The van der Waals surface area contributed by atoms with Crippen molar-refractivity contribution in [1.29, 1.82) is 0 Å². The number of hydrogen-bond donors (Lipinski definition) is 1. The molecule has 0 saturated carbocycles. The molecule has 0 atom stereocenters. The smallest absolute Gasteiger partial charge is 0.162 e. The van der Waals surface area contributed by atoms with E-state index in [0.29, 0.717) is 5.56 Å². The second kappa shape index (κ2) is 2.93. The van der Waals surface area contributed by atoms with E-state index in [-0.39, 0.29) is 17.0 Å². The highest BCUT2D eigenvalue weighted by Gasteiger charge is 2.11. The summed E-state index contributed by atoms with van der Waals surface area (Å²) >= 11 is 0. The molecular weight excluding hydrogens is 157 g/mol. The van der Waals surface area contributed by atoms with E-state index in [9.17, 15) is 9.18 Å². The van der Waals surface area contributed by atoms with Gasteiger partial charge in [-0.1, -0.05) is 6.07 Å². The van der Waals surface area contributed by atoms with Crippen LogP contribution in [0.2, 0.25) is 0 Å². The van der Waals surface area contributed by atoms with Gasteiger partial charge in [0.2, 0.25) is 0 Å². The van der Waals surface area contributed by atoms with Crippen LogP contribution in [0.25, 0.3) is 0 Å². The van der Waals surface area contributed by atoms with Gasteiger partial charge >= 0.3 is 0 Å². The Morgan fingerprint density at radius 3 is 2.50 bits per heavy atom. The van der Waals surface area contributed by atoms with Gasteiger partial charge in [0.05, 0.1) is 5.69 Å². The average molecular weight is 167 g/mol. The molecule has 1 rings (SSSR count). The second-order valence-electron chi connectivity index (χ2n) is 2.71. The van der Waals surface area contributed by atoms with Gasteiger partial charge in [0.1, 0.15) is 5.82 Å². The van der Waals surface area contributed by atoms with Gasteiger partial charge in [-0.2, -0.15) is 0 Å². The highest BCUT2D eigenvalue weighted by atomic mass is 19.1. The molecule has 0 unspecified atom stereocenters. The summed E-state index contributed by atoms with van der Waals surface area (Å²) in [6, 6.07) is 2.81. The summed E-state index contributed by atoms with van der Waals surface area (Å²) in [5.74, 6) is -0.740. The Hall–Kier alpha value is -1.38. The van der Waals surface area contributed by atoms with Crippen LogP contribution in [-0.4, -0.2) is 5.78 Å². The van der Waals surface area contributed by atoms with Crippen LogP contribution in [-0.2, 0) is 0 Å². The van der Waals surface area contributed by atoms with Crippen LogP contribution in [0.4, 0.5) is 10.1 Å². The molecule has 0 radical (unpaired) electrons. The summed E-state index contributed by atoms with van der Waals surface area (Å²) in [6.07, 6.45) is 0. The molecule has 0 aliphatic carbocycles. The fourth-order valence-corrected chi connectivity index (χ4v) is 1.17. The molecule has 64 valence electrons. The number of aryl methyl sites for hydroxylation is 1. The normalized spacial score (nSPS) is 9.92. The van der Waals surface area contributed by atoms with Crippen molar-refractivity contribution in [2.45, 2.75) is 13.8 Å². The molecule has 0 aliphatic rings. The minimum Gasteiger partial charge on any atom is -0.396 e. The maximum Gasteiger partial charge on any atom is 0.162 e. The number of benzene rings is 1. The molecule has 2 nitrogen and oxygen atoms in total. The van der Waals surface area contributed by atoms with Gasteiger partial charge < -0.3 is 5.73 Å². The first kappa shape index (κ1) is 8.71. The standard InChI is InChI=1S/C9H10FNO/c1-5-3-4-7(10)9(11)8(5)6(2)12/h3-4H,11H2,1-2H3. The lowest BCUT2D eigenvalue weighted by molar-refractivity contribution is 0.101. The monoisotopic (exact) mass is 167 g/mol. The number of nitrogen functional groups attached to an aromatic ring is 1. The summed E-state index contributed by atoms with van der Waals surface area (Å²) < 4.78 is 12.8. The third kappa shape index (κ3) is 1.30. The van der Waals surface area contributed by atoms with Crippen LogP contribution in [0.5, 0.6) is 0 Å². The first-order valence-corrected chi connectivity index (χ1v) is 3.59. The number of halogens is 1. The molecule has 12 heavy (non-hydrogen) atoms. The predicted octanol–water partition coefficient (Wildman–Crippen LogP) is 1.92. The van der Waals surface area contributed by atoms with Gasteiger partial charge in [0.15, 0.2) is 5.78 Å². The molecule has 0 spiro atoms. The summed E-state index contributed by atoms with van der Waals surface area (Å²) in [4.78, 5) is 11.0. The average Bonchev–Trinajstić information content (AvgIpc) is 1.97. The van der Waals surface area contributed by atoms with Crippen LogP contribution in [0.15, 0.2) is 12.1 Å². The Morgan fingerprint density at radius 2 is 2.08 bits per heavy atom. The minimum absolute atomic E-state index is 0.0532. The van der Waals surface area contributed by atoms with Gasteiger partial charge in [0.25, 0.3) is 0 Å². The molecule has 0 fully saturated rings. The van der Waals surface area contributed by atoms with Crippen LogP contribution >= 0.6 is 0 Å². The van der Waals surface area contributed by atoms with Crippen molar-refractivity contribution in [3.63, 3.8) is 0 Å². The molecule has 0 aromatic heterocycles. The first-order chi connectivity index (χ1) is 5.54. The highest BCUT2D eigenvalue weighted by Crippen LogP contribution is 2.20. The van der Waals surface area contributed by atoms with E-state index in [4.69, 9.17) is 5.73 Å². The SMILES string of the molecule is CC(=O)c1c(C)ccc(F)c1N. The van der Waals surface area contributed by atoms with E-state index in [1.165, 1.54) is 13.0 Å². The Morgan fingerprint density at radius 1 is 1.50 bits per heavy atom. The first-order valence-electron chi connectivity index (χ1n) is 3.59. The fourth-order valence-electron chi connectivity index (χ4n) is 1.17. The molecule has 0 amide bonds. The molecule has 0 saturated heterocycles. The highest BCUT2D eigenvalue weighted by molar-refractivity contribution is 6.00. The lowest BCUT2D eigenvalue weighted by atomic mass is 10.0. The molecule has 0 bridgehead atoms. The molecule has 0 heterocycles. The second-order valence-corrected chi connectivity index (χ2v) is 2.71. The van der Waals surface area contributed by atoms with Gasteiger partial charge in [-0.3, -0.25) is 4.79 Å². The van der Waals surface area contributed by atoms with Crippen molar-refractivity contribution in [2.24, 2.45) is 0 Å². The maximum absolute atomic E-state index is 12.8. The Kier molecular flexibility index (Phi) is 2.13. The zero-order valence-corrected chi connectivity index (χ0v) is 7.02. The number of carbonyl (C=O) groups is 1. The maximum atomic E-state index is 12.8. The van der Waals surface area contributed by atoms with Crippen molar-refractivity contribution < 1.29 is 9.18 Å². The molecule has 2 N–H and O–H groups in total. The molecule has 1 aromatic carbocycles. The van der Waals surface area contributed by atoms with E-state index in [1.807, 2.05) is 0 Å². The minimum atomic E-state index is -0.536. The van der Waals surface area contributed by atoms with E-state index >= 15 is 0 Å². The topological polar surface area (TPSA) is 43.1 Å². The number of ketones is 1. The molecule has 0 aliphatic heterocycles. The van der Waals surface area contributed by atoms with Crippen molar-refractivity contribution in [3.05, 3.63) is 29.1 Å². The van der Waals surface area contributed by atoms with E-state index in [2.05, 4.69) is 0 Å². The number of hydrogen-bond acceptors (Lipinski definition) is 2. The molecular formula is C9H10FNO. The Labute approximate surface area is 70.2 Å². The zero-order valence-electron chi connectivity index (χ0n) is 7.02. The number of nitrogens with two attached hydrogens (primary N) is 1. The fraction of sp³-hybridized carbons (Fsp3) is 0.222. The van der Waals surface area contributed by atoms with E-state index in [0.717, 1.165) is 0 Å². The number of anilines is 1. The van der Waals surface area contributed by atoms with Crippen LogP contribution in [0.3, 0.4) is 0 Å². The zero-order chi connectivity index (χ0) is 9.30. The van der Waals surface area contributed by atoms with Crippen molar-refractivity contribution in [2.75, 3.05) is 5.73 Å². The molecule has 1 aromatic rings. The summed E-state index contributed by atoms with van der Waals surface area (Å²) in [5.41, 5.74) is 6.33. The largest absolute Gasteiger partial charge is 0.396 e. The van der Waals surface area contributed by atoms with Crippen LogP contribution in [0, 0.1) is 12.7 Å². The quantitative estimate of drug-likeness (QED) is 0.513. The van der Waals surface area contributed by atoms with Crippen LogP contribution < -0.4 is 5.73 Å². The van der Waals surface area contributed by atoms with Crippen molar-refractivity contribution in [3.8, 4) is 0 Å². The van der Waals surface area contributed by atoms with Gasteiger partial charge in [0, 0.05) is 5.56 Å². The third-order valence-corrected chi connectivity index (χ3v) is 1.75. The van der Waals surface area contributed by atoms with Crippen molar-refractivity contribution >= 4 is 11.5 Å². The van der Waals surface area contributed by atoms with Gasteiger partial charge in [-0.25, -0.2) is 4.39 Å². The summed E-state index contributed by atoms with van der Waals surface area (Å²) in [6.45, 7) is 3.10. The molecule has 3 heteroatoms. The number of Topliss-reactive ketones (excluding diaryl/α,β-unsaturated/α-hetero) is 1. The predicted molar refractivity (Wildman–Crippen MR) is 45.6 cm³/mol.